The van der Waals surface area contributed by atoms with Crippen molar-refractivity contribution in [2.75, 3.05) is 24.3 Å². The third-order valence-electron chi connectivity index (χ3n) is 2.85. The molecule has 0 spiro atoms. The fourth-order valence-electron chi connectivity index (χ4n) is 1.76. The highest BCUT2D eigenvalue weighted by Gasteiger charge is 2.05. The second-order valence-electron chi connectivity index (χ2n) is 4.57. The SMILES string of the molecule is CN(C)c1ccc(NC(=O)CCc2ccco2)cc1. The van der Waals surface area contributed by atoms with Crippen LogP contribution in [0.15, 0.2) is 47.1 Å². The van der Waals surface area contributed by atoms with Gasteiger partial charge in [-0.15, -0.1) is 0 Å². The Hall–Kier alpha value is -2.23. The Bertz CT molecular complexity index is 516. The summed E-state index contributed by atoms with van der Waals surface area (Å²) in [5, 5.41) is 2.87. The number of benzene rings is 1. The smallest absolute Gasteiger partial charge is 0.224 e. The number of furan rings is 1. The number of anilines is 2. The molecule has 0 aliphatic carbocycles. The molecule has 1 N–H and O–H groups in total. The second kappa shape index (κ2) is 6.09. The van der Waals surface area contributed by atoms with E-state index in [0.717, 1.165) is 17.1 Å². The highest BCUT2D eigenvalue weighted by Crippen LogP contribution is 2.16. The minimum atomic E-state index is -0.00555. The number of carbonyl (C=O) groups excluding carboxylic acids is 1. The highest BCUT2D eigenvalue weighted by atomic mass is 16.3. The lowest BCUT2D eigenvalue weighted by atomic mass is 10.2. The lowest BCUT2D eigenvalue weighted by Crippen LogP contribution is -2.12. The molecule has 0 unspecified atom stereocenters. The molecule has 19 heavy (non-hydrogen) atoms. The van der Waals surface area contributed by atoms with Crippen molar-refractivity contribution in [3.8, 4) is 0 Å². The quantitative estimate of drug-likeness (QED) is 0.897. The molecule has 0 aliphatic heterocycles. The molecule has 2 aromatic rings. The van der Waals surface area contributed by atoms with E-state index < -0.39 is 0 Å². The molecule has 0 radical (unpaired) electrons. The number of amides is 1. The van der Waals surface area contributed by atoms with E-state index in [0.29, 0.717) is 12.8 Å². The number of rotatable bonds is 5. The summed E-state index contributed by atoms with van der Waals surface area (Å²) in [7, 11) is 3.97. The summed E-state index contributed by atoms with van der Waals surface area (Å²) in [4.78, 5) is 13.8. The average molecular weight is 258 g/mol. The third kappa shape index (κ3) is 3.88. The third-order valence-corrected chi connectivity index (χ3v) is 2.85. The van der Waals surface area contributed by atoms with Crippen LogP contribution in [0.25, 0.3) is 0 Å². The number of carbonyl (C=O) groups is 1. The number of hydrogen-bond acceptors (Lipinski definition) is 3. The van der Waals surface area contributed by atoms with Gasteiger partial charge in [-0.05, 0) is 36.4 Å². The molecule has 4 nitrogen and oxygen atoms in total. The fraction of sp³-hybridized carbons (Fsp3) is 0.267. The Morgan fingerprint density at radius 3 is 2.53 bits per heavy atom. The monoisotopic (exact) mass is 258 g/mol. The van der Waals surface area contributed by atoms with Gasteiger partial charge in [-0.3, -0.25) is 4.79 Å². The Morgan fingerprint density at radius 1 is 1.21 bits per heavy atom. The molecule has 0 aliphatic rings. The lowest BCUT2D eigenvalue weighted by molar-refractivity contribution is -0.116. The molecule has 0 fully saturated rings. The maximum absolute atomic E-state index is 11.8. The molecule has 1 aromatic heterocycles. The summed E-state index contributed by atoms with van der Waals surface area (Å²) in [6.45, 7) is 0. The molecular formula is C15H18N2O2. The van der Waals surface area contributed by atoms with Crippen molar-refractivity contribution in [3.05, 3.63) is 48.4 Å². The summed E-state index contributed by atoms with van der Waals surface area (Å²) in [5.74, 6) is 0.826. The number of nitrogens with zero attached hydrogens (tertiary/aromatic N) is 1. The van der Waals surface area contributed by atoms with Crippen molar-refractivity contribution in [2.45, 2.75) is 12.8 Å². The van der Waals surface area contributed by atoms with Crippen molar-refractivity contribution in [3.63, 3.8) is 0 Å². The van der Waals surface area contributed by atoms with Crippen LogP contribution in [-0.2, 0) is 11.2 Å². The van der Waals surface area contributed by atoms with Crippen LogP contribution in [0.2, 0.25) is 0 Å². The lowest BCUT2D eigenvalue weighted by Gasteiger charge is -2.13. The molecule has 0 saturated carbocycles. The van der Waals surface area contributed by atoms with Gasteiger partial charge < -0.3 is 14.6 Å². The number of nitrogens with one attached hydrogen (secondary N) is 1. The summed E-state index contributed by atoms with van der Waals surface area (Å²) in [5.41, 5.74) is 1.92. The van der Waals surface area contributed by atoms with Gasteiger partial charge in [0.25, 0.3) is 0 Å². The molecule has 1 amide bonds. The van der Waals surface area contributed by atoms with Crippen LogP contribution >= 0.6 is 0 Å². The van der Waals surface area contributed by atoms with Crippen LogP contribution in [0.3, 0.4) is 0 Å². The van der Waals surface area contributed by atoms with Crippen LogP contribution in [0.1, 0.15) is 12.2 Å². The van der Waals surface area contributed by atoms with Gasteiger partial charge in [0.2, 0.25) is 5.91 Å². The van der Waals surface area contributed by atoms with Gasteiger partial charge in [0.1, 0.15) is 5.76 Å². The molecule has 0 atom stereocenters. The maximum atomic E-state index is 11.8. The zero-order valence-electron chi connectivity index (χ0n) is 11.2. The Labute approximate surface area is 113 Å². The molecule has 0 saturated heterocycles. The standard InChI is InChI=1S/C15H18N2O2/c1-17(2)13-7-5-12(6-8-13)16-15(18)10-9-14-4-3-11-19-14/h3-8,11H,9-10H2,1-2H3,(H,16,18). The molecule has 0 bridgehead atoms. The Morgan fingerprint density at radius 2 is 1.95 bits per heavy atom. The Balaban J connectivity index is 1.84. The van der Waals surface area contributed by atoms with E-state index in [9.17, 15) is 4.79 Å². The van der Waals surface area contributed by atoms with Gasteiger partial charge in [0.15, 0.2) is 0 Å². The topological polar surface area (TPSA) is 45.5 Å². The Kier molecular flexibility index (Phi) is 4.23. The van der Waals surface area contributed by atoms with Crippen LogP contribution in [0.4, 0.5) is 11.4 Å². The molecule has 1 heterocycles. The first-order chi connectivity index (χ1) is 9.15. The first-order valence-corrected chi connectivity index (χ1v) is 6.25. The van der Waals surface area contributed by atoms with E-state index in [2.05, 4.69) is 5.32 Å². The van der Waals surface area contributed by atoms with Crippen LogP contribution in [0, 0.1) is 0 Å². The average Bonchev–Trinajstić information content (AvgIpc) is 2.90. The molecule has 2 rings (SSSR count). The van der Waals surface area contributed by atoms with Crippen molar-refractivity contribution < 1.29 is 9.21 Å². The van der Waals surface area contributed by atoms with Gasteiger partial charge in [0.05, 0.1) is 6.26 Å². The maximum Gasteiger partial charge on any atom is 0.224 e. The fourth-order valence-corrected chi connectivity index (χ4v) is 1.76. The molecule has 4 heteroatoms. The minimum absolute atomic E-state index is 0.00555. The van der Waals surface area contributed by atoms with Crippen molar-refractivity contribution >= 4 is 17.3 Å². The predicted octanol–water partition coefficient (Wildman–Crippen LogP) is 2.92. The predicted molar refractivity (Wildman–Crippen MR) is 76.4 cm³/mol. The van der Waals surface area contributed by atoms with Gasteiger partial charge in [-0.25, -0.2) is 0 Å². The van der Waals surface area contributed by atoms with E-state index in [1.54, 1.807) is 6.26 Å². The van der Waals surface area contributed by atoms with E-state index in [1.165, 1.54) is 0 Å². The van der Waals surface area contributed by atoms with Crippen molar-refractivity contribution in [1.29, 1.82) is 0 Å². The van der Waals surface area contributed by atoms with Gasteiger partial charge in [-0.1, -0.05) is 0 Å². The van der Waals surface area contributed by atoms with E-state index in [4.69, 9.17) is 4.42 Å². The number of hydrogen-bond donors (Lipinski definition) is 1. The van der Waals surface area contributed by atoms with Crippen molar-refractivity contribution in [1.82, 2.24) is 0 Å². The molecular weight excluding hydrogens is 240 g/mol. The first-order valence-electron chi connectivity index (χ1n) is 6.25. The summed E-state index contributed by atoms with van der Waals surface area (Å²) < 4.78 is 5.19. The van der Waals surface area contributed by atoms with Gasteiger partial charge in [-0.2, -0.15) is 0 Å². The normalized spacial score (nSPS) is 10.2. The first kappa shape index (κ1) is 13.2. The highest BCUT2D eigenvalue weighted by molar-refractivity contribution is 5.90. The van der Waals surface area contributed by atoms with Crippen LogP contribution < -0.4 is 10.2 Å². The van der Waals surface area contributed by atoms with Gasteiger partial charge in [0, 0.05) is 38.3 Å². The summed E-state index contributed by atoms with van der Waals surface area (Å²) >= 11 is 0. The van der Waals surface area contributed by atoms with Crippen LogP contribution in [-0.4, -0.2) is 20.0 Å². The summed E-state index contributed by atoms with van der Waals surface area (Å²) in [6, 6.07) is 11.5. The van der Waals surface area contributed by atoms with Gasteiger partial charge >= 0.3 is 0 Å². The summed E-state index contributed by atoms with van der Waals surface area (Å²) in [6.07, 6.45) is 2.66. The molecule has 100 valence electrons. The van der Waals surface area contributed by atoms with Crippen LogP contribution in [0.5, 0.6) is 0 Å². The minimum Gasteiger partial charge on any atom is -0.469 e. The zero-order chi connectivity index (χ0) is 13.7. The second-order valence-corrected chi connectivity index (χ2v) is 4.57. The number of aryl methyl sites for hydroxylation is 1. The molecule has 1 aromatic carbocycles. The zero-order valence-corrected chi connectivity index (χ0v) is 11.2. The van der Waals surface area contributed by atoms with E-state index in [-0.39, 0.29) is 5.91 Å². The van der Waals surface area contributed by atoms with E-state index >= 15 is 0 Å². The largest absolute Gasteiger partial charge is 0.469 e. The van der Waals surface area contributed by atoms with Crippen molar-refractivity contribution in [2.24, 2.45) is 0 Å². The van der Waals surface area contributed by atoms with E-state index in [1.807, 2.05) is 55.4 Å².